The van der Waals surface area contributed by atoms with Gasteiger partial charge in [0.2, 0.25) is 0 Å². The lowest BCUT2D eigenvalue weighted by Crippen LogP contribution is -2.52. The minimum atomic E-state index is -1.09. The number of carbonyl (C=O) groups excluding carboxylic acids is 1. The van der Waals surface area contributed by atoms with Crippen LogP contribution in [-0.2, 0) is 4.79 Å². The van der Waals surface area contributed by atoms with Crippen LogP contribution in [0.3, 0.4) is 0 Å². The SMILES string of the molecule is O=C(O)[C@H]1C[C@@H](O)CN1C(=O)N(CCO)C1CCCC1. The summed E-state index contributed by atoms with van der Waals surface area (Å²) in [5.41, 5.74) is 0. The van der Waals surface area contributed by atoms with Crippen LogP contribution in [0.1, 0.15) is 32.1 Å². The maximum atomic E-state index is 12.5. The highest BCUT2D eigenvalue weighted by Crippen LogP contribution is 2.27. The molecular formula is C13H22N2O5. The molecule has 20 heavy (non-hydrogen) atoms. The minimum absolute atomic E-state index is 0.0461. The summed E-state index contributed by atoms with van der Waals surface area (Å²) in [6.07, 6.45) is 3.15. The van der Waals surface area contributed by atoms with E-state index in [0.717, 1.165) is 25.7 Å². The van der Waals surface area contributed by atoms with Gasteiger partial charge in [-0.2, -0.15) is 0 Å². The van der Waals surface area contributed by atoms with Crippen molar-refractivity contribution in [2.75, 3.05) is 19.7 Å². The van der Waals surface area contributed by atoms with Crippen LogP contribution >= 0.6 is 0 Å². The molecule has 2 fully saturated rings. The number of carboxylic acids is 1. The maximum absolute atomic E-state index is 12.5. The highest BCUT2D eigenvalue weighted by Gasteiger charge is 2.42. The lowest BCUT2D eigenvalue weighted by Gasteiger charge is -2.34. The molecule has 114 valence electrons. The summed E-state index contributed by atoms with van der Waals surface area (Å²) < 4.78 is 0. The van der Waals surface area contributed by atoms with E-state index in [0.29, 0.717) is 0 Å². The molecule has 1 aliphatic carbocycles. The van der Waals surface area contributed by atoms with Crippen LogP contribution in [0.4, 0.5) is 4.79 Å². The van der Waals surface area contributed by atoms with Crippen molar-refractivity contribution in [3.05, 3.63) is 0 Å². The zero-order chi connectivity index (χ0) is 14.7. The number of carbonyl (C=O) groups is 2. The van der Waals surface area contributed by atoms with E-state index in [4.69, 9.17) is 10.2 Å². The fourth-order valence-corrected chi connectivity index (χ4v) is 3.18. The lowest BCUT2D eigenvalue weighted by atomic mass is 10.2. The molecule has 2 rings (SSSR count). The number of urea groups is 1. The predicted molar refractivity (Wildman–Crippen MR) is 70.2 cm³/mol. The number of rotatable bonds is 4. The van der Waals surface area contributed by atoms with Crippen molar-refractivity contribution in [2.45, 2.75) is 50.3 Å². The van der Waals surface area contributed by atoms with E-state index >= 15 is 0 Å². The molecule has 0 unspecified atom stereocenters. The molecule has 2 amide bonds. The number of likely N-dealkylation sites (tertiary alicyclic amines) is 1. The number of β-amino-alcohol motifs (C(OH)–C–C–N with tert-alkyl or cyclic N) is 1. The van der Waals surface area contributed by atoms with Gasteiger partial charge in [-0.3, -0.25) is 0 Å². The number of aliphatic hydroxyl groups is 2. The van der Waals surface area contributed by atoms with Crippen LogP contribution in [0.5, 0.6) is 0 Å². The van der Waals surface area contributed by atoms with E-state index < -0.39 is 18.1 Å². The number of amides is 2. The standard InChI is InChI=1S/C13H22N2O5/c16-6-5-14(9-3-1-2-4-9)13(20)15-8-10(17)7-11(15)12(18)19/h9-11,16-17H,1-8H2,(H,18,19)/t10-,11-/m1/s1. The second kappa shape index (κ2) is 6.41. The lowest BCUT2D eigenvalue weighted by molar-refractivity contribution is -0.141. The van der Waals surface area contributed by atoms with Crippen LogP contribution in [0.15, 0.2) is 0 Å². The highest BCUT2D eigenvalue weighted by atomic mass is 16.4. The van der Waals surface area contributed by atoms with Gasteiger partial charge >= 0.3 is 12.0 Å². The van der Waals surface area contributed by atoms with E-state index in [2.05, 4.69) is 0 Å². The summed E-state index contributed by atoms with van der Waals surface area (Å²) >= 11 is 0. The third-order valence-electron chi connectivity index (χ3n) is 4.16. The Balaban J connectivity index is 2.11. The van der Waals surface area contributed by atoms with Gasteiger partial charge in [-0.15, -0.1) is 0 Å². The van der Waals surface area contributed by atoms with E-state index in [1.807, 2.05) is 0 Å². The summed E-state index contributed by atoms with van der Waals surface area (Å²) in [4.78, 5) is 26.5. The largest absolute Gasteiger partial charge is 0.480 e. The van der Waals surface area contributed by atoms with Crippen molar-refractivity contribution < 1.29 is 24.9 Å². The Morgan fingerprint density at radius 2 is 1.90 bits per heavy atom. The Kier molecular flexibility index (Phi) is 4.82. The number of aliphatic hydroxyl groups excluding tert-OH is 2. The van der Waals surface area contributed by atoms with Gasteiger partial charge in [0.1, 0.15) is 6.04 Å². The van der Waals surface area contributed by atoms with Gasteiger partial charge < -0.3 is 25.1 Å². The van der Waals surface area contributed by atoms with Crippen molar-refractivity contribution >= 4 is 12.0 Å². The molecule has 1 aliphatic heterocycles. The van der Waals surface area contributed by atoms with Crippen LogP contribution in [0.25, 0.3) is 0 Å². The van der Waals surface area contributed by atoms with Crippen molar-refractivity contribution in [3.63, 3.8) is 0 Å². The third-order valence-corrected chi connectivity index (χ3v) is 4.16. The Bertz CT molecular complexity index is 370. The van der Waals surface area contributed by atoms with E-state index in [9.17, 15) is 14.7 Å². The molecule has 1 heterocycles. The van der Waals surface area contributed by atoms with Gasteiger partial charge in [0.15, 0.2) is 0 Å². The van der Waals surface area contributed by atoms with Crippen LogP contribution in [0.2, 0.25) is 0 Å². The molecular weight excluding hydrogens is 264 g/mol. The maximum Gasteiger partial charge on any atom is 0.326 e. The predicted octanol–water partition coefficient (Wildman–Crippen LogP) is -0.137. The molecule has 2 aliphatic rings. The van der Waals surface area contributed by atoms with Gasteiger partial charge in [0.05, 0.1) is 12.7 Å². The molecule has 7 heteroatoms. The molecule has 2 atom stereocenters. The molecule has 0 aromatic rings. The van der Waals surface area contributed by atoms with E-state index in [-0.39, 0.29) is 38.2 Å². The summed E-state index contributed by atoms with van der Waals surface area (Å²) in [6, 6.07) is -1.28. The Morgan fingerprint density at radius 1 is 1.25 bits per heavy atom. The van der Waals surface area contributed by atoms with Crippen molar-refractivity contribution in [3.8, 4) is 0 Å². The molecule has 7 nitrogen and oxygen atoms in total. The third kappa shape index (κ3) is 3.04. The van der Waals surface area contributed by atoms with Gasteiger partial charge in [-0.25, -0.2) is 9.59 Å². The molecule has 0 bridgehead atoms. The van der Waals surface area contributed by atoms with E-state index in [1.165, 1.54) is 4.90 Å². The average molecular weight is 286 g/mol. The highest BCUT2D eigenvalue weighted by molar-refractivity contribution is 5.83. The fourth-order valence-electron chi connectivity index (χ4n) is 3.18. The number of hydrogen-bond acceptors (Lipinski definition) is 4. The monoisotopic (exact) mass is 286 g/mol. The van der Waals surface area contributed by atoms with Gasteiger partial charge in [-0.05, 0) is 12.8 Å². The zero-order valence-electron chi connectivity index (χ0n) is 11.4. The summed E-state index contributed by atoms with van der Waals surface area (Å²) in [5.74, 6) is -1.09. The van der Waals surface area contributed by atoms with Crippen molar-refractivity contribution in [1.82, 2.24) is 9.80 Å². The van der Waals surface area contributed by atoms with Crippen LogP contribution in [-0.4, -0.2) is 75.0 Å². The average Bonchev–Trinajstić information content (AvgIpc) is 3.04. The van der Waals surface area contributed by atoms with Gasteiger partial charge in [-0.1, -0.05) is 12.8 Å². The molecule has 3 N–H and O–H groups in total. The number of hydrogen-bond donors (Lipinski definition) is 3. The summed E-state index contributed by atoms with van der Waals surface area (Å²) in [7, 11) is 0. The molecule has 1 saturated carbocycles. The van der Waals surface area contributed by atoms with Crippen LogP contribution < -0.4 is 0 Å². The molecule has 0 radical (unpaired) electrons. The molecule has 0 spiro atoms. The number of aliphatic carboxylic acids is 1. The first kappa shape index (κ1) is 15.1. The van der Waals surface area contributed by atoms with Crippen molar-refractivity contribution in [1.29, 1.82) is 0 Å². The molecule has 1 saturated heterocycles. The second-order valence-electron chi connectivity index (χ2n) is 5.53. The Hall–Kier alpha value is -1.34. The minimum Gasteiger partial charge on any atom is -0.480 e. The fraction of sp³-hybridized carbons (Fsp3) is 0.846. The zero-order valence-corrected chi connectivity index (χ0v) is 11.4. The number of carboxylic acid groups (broad SMARTS) is 1. The smallest absolute Gasteiger partial charge is 0.326 e. The van der Waals surface area contributed by atoms with E-state index in [1.54, 1.807) is 4.90 Å². The normalized spacial score (nSPS) is 27.0. The first-order valence-corrected chi connectivity index (χ1v) is 7.13. The summed E-state index contributed by atoms with van der Waals surface area (Å²) in [5, 5.41) is 27.9. The molecule has 0 aromatic carbocycles. The number of nitrogens with zero attached hydrogens (tertiary/aromatic N) is 2. The first-order valence-electron chi connectivity index (χ1n) is 7.13. The quantitative estimate of drug-likeness (QED) is 0.668. The van der Waals surface area contributed by atoms with Gasteiger partial charge in [0.25, 0.3) is 0 Å². The molecule has 0 aromatic heterocycles. The van der Waals surface area contributed by atoms with Gasteiger partial charge in [0, 0.05) is 25.6 Å². The Morgan fingerprint density at radius 3 is 2.45 bits per heavy atom. The van der Waals surface area contributed by atoms with Crippen molar-refractivity contribution in [2.24, 2.45) is 0 Å². The Labute approximate surface area is 117 Å². The topological polar surface area (TPSA) is 101 Å². The second-order valence-corrected chi connectivity index (χ2v) is 5.53. The first-order chi connectivity index (χ1) is 9.54. The summed E-state index contributed by atoms with van der Waals surface area (Å²) in [6.45, 7) is 0.114. The van der Waals surface area contributed by atoms with Crippen LogP contribution in [0, 0.1) is 0 Å².